The van der Waals surface area contributed by atoms with E-state index in [-0.39, 0.29) is 5.91 Å². The average molecular weight is 281 g/mol. The average Bonchev–Trinajstić information content (AvgIpc) is 2.97. The summed E-state index contributed by atoms with van der Waals surface area (Å²) in [6.07, 6.45) is 5.25. The first-order valence-electron chi connectivity index (χ1n) is 6.74. The van der Waals surface area contributed by atoms with Gasteiger partial charge in [0, 0.05) is 18.6 Å². The molecule has 0 aliphatic carbocycles. The number of carbonyl (C=O) groups excluding carboxylic acids is 1. The molecule has 0 saturated carbocycles. The quantitative estimate of drug-likeness (QED) is 0.800. The van der Waals surface area contributed by atoms with Gasteiger partial charge in [-0.3, -0.25) is 4.79 Å². The minimum Gasteiger partial charge on any atom is -0.492 e. The second-order valence-electron chi connectivity index (χ2n) is 4.49. The van der Waals surface area contributed by atoms with E-state index >= 15 is 0 Å². The van der Waals surface area contributed by atoms with Crippen molar-refractivity contribution < 1.29 is 9.53 Å². The predicted molar refractivity (Wildman–Crippen MR) is 80.8 cm³/mol. The molecule has 1 N–H and O–H groups in total. The summed E-state index contributed by atoms with van der Waals surface area (Å²) in [5.41, 5.74) is 2.03. The number of pyridine rings is 1. The number of benzene rings is 1. The molecule has 1 amide bonds. The number of anilines is 1. The van der Waals surface area contributed by atoms with Crippen molar-refractivity contribution in [2.75, 3.05) is 11.9 Å². The number of rotatable bonds is 4. The Morgan fingerprint density at radius 3 is 3.00 bits per heavy atom. The standard InChI is InChI=1S/C16H15N3O2/c1-2-21-14-6-4-3-5-13(14)18-16(20)12-7-8-15-17-9-10-19(15)11-12/h3-11H,2H2,1H3,(H,18,20). The minimum atomic E-state index is -0.183. The molecule has 0 aliphatic rings. The smallest absolute Gasteiger partial charge is 0.257 e. The summed E-state index contributed by atoms with van der Waals surface area (Å²) >= 11 is 0. The summed E-state index contributed by atoms with van der Waals surface area (Å²) in [7, 11) is 0. The van der Waals surface area contributed by atoms with Crippen LogP contribution in [0.2, 0.25) is 0 Å². The van der Waals surface area contributed by atoms with Crippen molar-refractivity contribution in [1.29, 1.82) is 0 Å². The molecule has 5 heteroatoms. The maximum Gasteiger partial charge on any atom is 0.257 e. The molecule has 1 aromatic carbocycles. The highest BCUT2D eigenvalue weighted by molar-refractivity contribution is 6.05. The van der Waals surface area contributed by atoms with Crippen LogP contribution in [0.4, 0.5) is 5.69 Å². The number of para-hydroxylation sites is 2. The third-order valence-corrected chi connectivity index (χ3v) is 3.09. The normalized spacial score (nSPS) is 10.5. The maximum absolute atomic E-state index is 12.3. The van der Waals surface area contributed by atoms with E-state index in [0.29, 0.717) is 23.6 Å². The lowest BCUT2D eigenvalue weighted by atomic mass is 10.2. The van der Waals surface area contributed by atoms with Crippen LogP contribution in [-0.2, 0) is 0 Å². The largest absolute Gasteiger partial charge is 0.492 e. The fraction of sp³-hybridized carbons (Fsp3) is 0.125. The Kier molecular flexibility index (Phi) is 3.55. The fourth-order valence-corrected chi connectivity index (χ4v) is 2.10. The lowest BCUT2D eigenvalue weighted by Crippen LogP contribution is -2.13. The molecule has 0 saturated heterocycles. The number of hydrogen-bond acceptors (Lipinski definition) is 3. The summed E-state index contributed by atoms with van der Waals surface area (Å²) in [6, 6.07) is 10.9. The molecule has 106 valence electrons. The molecule has 0 unspecified atom stereocenters. The van der Waals surface area contributed by atoms with E-state index in [2.05, 4.69) is 10.3 Å². The van der Waals surface area contributed by atoms with Gasteiger partial charge in [0.05, 0.1) is 17.9 Å². The summed E-state index contributed by atoms with van der Waals surface area (Å²) < 4.78 is 7.31. The molecule has 21 heavy (non-hydrogen) atoms. The zero-order valence-electron chi connectivity index (χ0n) is 11.6. The lowest BCUT2D eigenvalue weighted by Gasteiger charge is -2.11. The van der Waals surface area contributed by atoms with Gasteiger partial charge >= 0.3 is 0 Å². The maximum atomic E-state index is 12.3. The van der Waals surface area contributed by atoms with Gasteiger partial charge in [-0.1, -0.05) is 12.1 Å². The molecule has 0 fully saturated rings. The summed E-state index contributed by atoms with van der Waals surface area (Å²) in [4.78, 5) is 16.5. The van der Waals surface area contributed by atoms with Gasteiger partial charge in [0.15, 0.2) is 0 Å². The number of nitrogens with one attached hydrogen (secondary N) is 1. The van der Waals surface area contributed by atoms with Crippen LogP contribution < -0.4 is 10.1 Å². The van der Waals surface area contributed by atoms with Crippen LogP contribution >= 0.6 is 0 Å². The first-order chi connectivity index (χ1) is 10.3. The highest BCUT2D eigenvalue weighted by Crippen LogP contribution is 2.24. The van der Waals surface area contributed by atoms with Gasteiger partial charge < -0.3 is 14.5 Å². The summed E-state index contributed by atoms with van der Waals surface area (Å²) in [5, 5.41) is 2.87. The van der Waals surface area contributed by atoms with E-state index in [1.807, 2.05) is 41.7 Å². The third-order valence-electron chi connectivity index (χ3n) is 3.09. The Morgan fingerprint density at radius 2 is 2.14 bits per heavy atom. The van der Waals surface area contributed by atoms with E-state index < -0.39 is 0 Å². The Hall–Kier alpha value is -2.82. The number of hydrogen-bond donors (Lipinski definition) is 1. The zero-order valence-corrected chi connectivity index (χ0v) is 11.6. The number of ether oxygens (including phenoxy) is 1. The molecule has 0 spiro atoms. The van der Waals surface area contributed by atoms with Crippen molar-refractivity contribution in [2.45, 2.75) is 6.92 Å². The van der Waals surface area contributed by atoms with Gasteiger partial charge in [-0.2, -0.15) is 0 Å². The molecule has 0 bridgehead atoms. The first kappa shape index (κ1) is 13.2. The molecular formula is C16H15N3O2. The number of imidazole rings is 1. The van der Waals surface area contributed by atoms with Gasteiger partial charge in [0.1, 0.15) is 11.4 Å². The van der Waals surface area contributed by atoms with Crippen LogP contribution in [-0.4, -0.2) is 21.9 Å². The van der Waals surface area contributed by atoms with Crippen LogP contribution in [0, 0.1) is 0 Å². The first-order valence-corrected chi connectivity index (χ1v) is 6.74. The van der Waals surface area contributed by atoms with E-state index in [1.54, 1.807) is 24.7 Å². The van der Waals surface area contributed by atoms with Crippen molar-refractivity contribution in [3.63, 3.8) is 0 Å². The SMILES string of the molecule is CCOc1ccccc1NC(=O)c1ccc2nccn2c1. The van der Waals surface area contributed by atoms with Gasteiger partial charge in [-0.15, -0.1) is 0 Å². The van der Waals surface area contributed by atoms with Crippen LogP contribution in [0.5, 0.6) is 5.75 Å². The predicted octanol–water partition coefficient (Wildman–Crippen LogP) is 2.99. The van der Waals surface area contributed by atoms with Crippen LogP contribution in [0.25, 0.3) is 5.65 Å². The van der Waals surface area contributed by atoms with Crippen LogP contribution in [0.15, 0.2) is 55.0 Å². The highest BCUT2D eigenvalue weighted by Gasteiger charge is 2.10. The van der Waals surface area contributed by atoms with Crippen molar-refractivity contribution in [2.24, 2.45) is 0 Å². The number of carbonyl (C=O) groups is 1. The molecule has 2 aromatic heterocycles. The van der Waals surface area contributed by atoms with Crippen molar-refractivity contribution >= 4 is 17.2 Å². The monoisotopic (exact) mass is 281 g/mol. The van der Waals surface area contributed by atoms with E-state index in [1.165, 1.54) is 0 Å². The van der Waals surface area contributed by atoms with E-state index in [0.717, 1.165) is 5.65 Å². The Labute approximate surface area is 122 Å². The lowest BCUT2D eigenvalue weighted by molar-refractivity contribution is 0.102. The molecular weight excluding hydrogens is 266 g/mol. The molecule has 3 aromatic rings. The number of amides is 1. The number of nitrogens with zero attached hydrogens (tertiary/aromatic N) is 2. The zero-order chi connectivity index (χ0) is 14.7. The van der Waals surface area contributed by atoms with Gasteiger partial charge in [0.2, 0.25) is 0 Å². The minimum absolute atomic E-state index is 0.183. The van der Waals surface area contributed by atoms with Crippen LogP contribution in [0.3, 0.4) is 0 Å². The fourth-order valence-electron chi connectivity index (χ4n) is 2.10. The second-order valence-corrected chi connectivity index (χ2v) is 4.49. The molecule has 0 aliphatic heterocycles. The molecule has 0 atom stereocenters. The second kappa shape index (κ2) is 5.66. The summed E-state index contributed by atoms with van der Waals surface area (Å²) in [6.45, 7) is 2.46. The van der Waals surface area contributed by atoms with E-state index in [4.69, 9.17) is 4.74 Å². The molecule has 0 radical (unpaired) electrons. The Bertz CT molecular complexity index is 780. The third kappa shape index (κ3) is 2.72. The molecule has 2 heterocycles. The summed E-state index contributed by atoms with van der Waals surface area (Å²) in [5.74, 6) is 0.481. The van der Waals surface area contributed by atoms with E-state index in [9.17, 15) is 4.79 Å². The Balaban J connectivity index is 1.85. The number of aromatic nitrogens is 2. The van der Waals surface area contributed by atoms with Crippen molar-refractivity contribution in [3.05, 3.63) is 60.6 Å². The number of fused-ring (bicyclic) bond motifs is 1. The van der Waals surface area contributed by atoms with Gasteiger partial charge in [-0.25, -0.2) is 4.98 Å². The molecule has 3 rings (SSSR count). The van der Waals surface area contributed by atoms with Crippen molar-refractivity contribution in [1.82, 2.24) is 9.38 Å². The van der Waals surface area contributed by atoms with Crippen molar-refractivity contribution in [3.8, 4) is 5.75 Å². The highest BCUT2D eigenvalue weighted by atomic mass is 16.5. The van der Waals surface area contributed by atoms with Gasteiger partial charge in [0.25, 0.3) is 5.91 Å². The Morgan fingerprint density at radius 1 is 1.29 bits per heavy atom. The topological polar surface area (TPSA) is 55.6 Å². The van der Waals surface area contributed by atoms with Crippen LogP contribution in [0.1, 0.15) is 17.3 Å². The van der Waals surface area contributed by atoms with Gasteiger partial charge in [-0.05, 0) is 31.2 Å². The molecule has 5 nitrogen and oxygen atoms in total.